The van der Waals surface area contributed by atoms with Crippen LogP contribution in [-0.4, -0.2) is 56.7 Å². The Hall–Kier alpha value is -3.32. The van der Waals surface area contributed by atoms with Crippen molar-refractivity contribution >= 4 is 28.3 Å². The van der Waals surface area contributed by atoms with Crippen LogP contribution in [0, 0.1) is 0 Å². The second kappa shape index (κ2) is 9.89. The van der Waals surface area contributed by atoms with Crippen LogP contribution in [0.2, 0.25) is 0 Å². The molecule has 1 aromatic heterocycles. The number of benzene rings is 2. The highest BCUT2D eigenvalue weighted by molar-refractivity contribution is 5.98. The van der Waals surface area contributed by atoms with Crippen LogP contribution in [0.3, 0.4) is 0 Å². The van der Waals surface area contributed by atoms with Crippen molar-refractivity contribution < 1.29 is 13.9 Å². The molecule has 3 aromatic rings. The van der Waals surface area contributed by atoms with Crippen molar-refractivity contribution in [3.05, 3.63) is 64.5 Å². The predicted octanol–water partition coefficient (Wildman–Crippen LogP) is 3.68. The number of hydrogen-bond acceptors (Lipinski definition) is 6. The number of para-hydroxylation sites is 1. The minimum atomic E-state index is -0.438. The Labute approximate surface area is 199 Å². The fourth-order valence-corrected chi connectivity index (χ4v) is 4.92. The maximum absolute atomic E-state index is 13.3. The molecule has 2 aliphatic heterocycles. The van der Waals surface area contributed by atoms with Crippen LogP contribution < -0.4 is 20.2 Å². The molecular formula is C27H31N3O4. The highest BCUT2D eigenvalue weighted by Gasteiger charge is 2.30. The molecule has 0 saturated carbocycles. The van der Waals surface area contributed by atoms with Crippen molar-refractivity contribution in [3.63, 3.8) is 0 Å². The van der Waals surface area contributed by atoms with Crippen molar-refractivity contribution in [2.24, 2.45) is 0 Å². The normalized spacial score (nSPS) is 16.5. The van der Waals surface area contributed by atoms with E-state index in [1.54, 1.807) is 11.0 Å². The molecule has 1 amide bonds. The van der Waals surface area contributed by atoms with Crippen LogP contribution in [0.1, 0.15) is 25.3 Å². The van der Waals surface area contributed by atoms with Crippen molar-refractivity contribution in [2.45, 2.75) is 26.2 Å². The number of hydrogen-bond donors (Lipinski definition) is 0. The number of carbonyl (C=O) groups is 1. The smallest absolute Gasteiger partial charge is 0.360 e. The second-order valence-electron chi connectivity index (χ2n) is 8.97. The molecule has 7 nitrogen and oxygen atoms in total. The summed E-state index contributed by atoms with van der Waals surface area (Å²) in [6.07, 6.45) is 2.48. The Morgan fingerprint density at radius 2 is 1.82 bits per heavy atom. The number of nitrogens with zero attached hydrogens (tertiary/aromatic N) is 3. The third kappa shape index (κ3) is 4.53. The standard InChI is InChI=1S/C27H31N3O4/c1-2-17-33-21-10-11-24-23(18-21)22-9-6-12-30(26(22)27(32)34-24)25(31)19-28-13-15-29(16-14-28)20-7-4-3-5-8-20/h3-5,7-8,10-11,18H,2,6,9,12-17,19H2,1H3. The quantitative estimate of drug-likeness (QED) is 0.522. The summed E-state index contributed by atoms with van der Waals surface area (Å²) in [5.41, 5.74) is 2.61. The molecule has 7 heteroatoms. The first kappa shape index (κ1) is 22.5. The number of ether oxygens (including phenoxy) is 1. The van der Waals surface area contributed by atoms with Gasteiger partial charge in [0, 0.05) is 43.8 Å². The summed E-state index contributed by atoms with van der Waals surface area (Å²) in [6, 6.07) is 15.9. The zero-order valence-electron chi connectivity index (χ0n) is 19.7. The van der Waals surface area contributed by atoms with Gasteiger partial charge in [-0.2, -0.15) is 0 Å². The summed E-state index contributed by atoms with van der Waals surface area (Å²) >= 11 is 0. The molecule has 178 valence electrons. The van der Waals surface area contributed by atoms with Gasteiger partial charge in [0.25, 0.3) is 0 Å². The van der Waals surface area contributed by atoms with Crippen LogP contribution in [-0.2, 0) is 11.2 Å². The molecule has 0 unspecified atom stereocenters. The van der Waals surface area contributed by atoms with Gasteiger partial charge < -0.3 is 19.0 Å². The Kier molecular flexibility index (Phi) is 6.54. The SMILES string of the molecule is CCCOc1ccc2oc(=O)c3c(c2c1)CCCN3C(=O)CN1CCN(c2ccccc2)CC1. The lowest BCUT2D eigenvalue weighted by atomic mass is 9.98. The van der Waals surface area contributed by atoms with E-state index in [2.05, 4.69) is 28.9 Å². The zero-order valence-corrected chi connectivity index (χ0v) is 19.7. The number of aryl methyl sites for hydroxylation is 1. The van der Waals surface area contributed by atoms with Gasteiger partial charge in [0.1, 0.15) is 17.0 Å². The fraction of sp³-hybridized carbons (Fsp3) is 0.407. The summed E-state index contributed by atoms with van der Waals surface area (Å²) in [7, 11) is 0. The van der Waals surface area contributed by atoms with Gasteiger partial charge in [-0.1, -0.05) is 25.1 Å². The van der Waals surface area contributed by atoms with E-state index in [9.17, 15) is 9.59 Å². The van der Waals surface area contributed by atoms with E-state index in [0.29, 0.717) is 31.0 Å². The Balaban J connectivity index is 1.33. The first-order valence-electron chi connectivity index (χ1n) is 12.2. The number of anilines is 2. The molecule has 5 rings (SSSR count). The van der Waals surface area contributed by atoms with Crippen LogP contribution in [0.25, 0.3) is 11.0 Å². The Morgan fingerprint density at radius 1 is 1.03 bits per heavy atom. The van der Waals surface area contributed by atoms with Crippen LogP contribution in [0.4, 0.5) is 11.4 Å². The largest absolute Gasteiger partial charge is 0.494 e. The van der Waals surface area contributed by atoms with Gasteiger partial charge in [-0.3, -0.25) is 9.69 Å². The average Bonchev–Trinajstić information content (AvgIpc) is 2.88. The Bertz CT molecular complexity index is 1220. The second-order valence-corrected chi connectivity index (χ2v) is 8.97. The van der Waals surface area contributed by atoms with Gasteiger partial charge in [-0.15, -0.1) is 0 Å². The first-order chi connectivity index (χ1) is 16.6. The van der Waals surface area contributed by atoms with E-state index in [-0.39, 0.29) is 5.91 Å². The van der Waals surface area contributed by atoms with Crippen molar-refractivity contribution in [1.29, 1.82) is 0 Å². The van der Waals surface area contributed by atoms with Gasteiger partial charge in [0.05, 0.1) is 13.2 Å². The fourth-order valence-electron chi connectivity index (χ4n) is 4.92. The predicted molar refractivity (Wildman–Crippen MR) is 134 cm³/mol. The molecule has 1 fully saturated rings. The van der Waals surface area contributed by atoms with Crippen molar-refractivity contribution in [3.8, 4) is 5.75 Å². The molecule has 1 saturated heterocycles. The molecule has 0 spiro atoms. The summed E-state index contributed by atoms with van der Waals surface area (Å²) in [5.74, 6) is 0.712. The zero-order chi connectivity index (χ0) is 23.5. The highest BCUT2D eigenvalue weighted by Crippen LogP contribution is 2.33. The lowest BCUT2D eigenvalue weighted by Gasteiger charge is -2.37. The van der Waals surface area contributed by atoms with Gasteiger partial charge in [-0.25, -0.2) is 4.79 Å². The molecule has 2 aromatic carbocycles. The van der Waals surface area contributed by atoms with Crippen LogP contribution >= 0.6 is 0 Å². The van der Waals surface area contributed by atoms with Crippen LogP contribution in [0.5, 0.6) is 5.75 Å². The van der Waals surface area contributed by atoms with E-state index in [1.165, 1.54) is 5.69 Å². The molecule has 0 N–H and O–H groups in total. The minimum Gasteiger partial charge on any atom is -0.494 e. The van der Waals surface area contributed by atoms with Gasteiger partial charge in [-0.05, 0) is 55.2 Å². The number of fused-ring (bicyclic) bond motifs is 3. The molecule has 3 heterocycles. The number of rotatable bonds is 6. The molecule has 0 aliphatic carbocycles. The molecular weight excluding hydrogens is 430 g/mol. The number of piperazine rings is 1. The molecule has 0 bridgehead atoms. The van der Waals surface area contributed by atoms with Gasteiger partial charge >= 0.3 is 5.63 Å². The van der Waals surface area contributed by atoms with E-state index < -0.39 is 5.63 Å². The maximum atomic E-state index is 13.3. The monoisotopic (exact) mass is 461 g/mol. The Morgan fingerprint density at radius 3 is 2.59 bits per heavy atom. The third-order valence-corrected chi connectivity index (χ3v) is 6.66. The number of amides is 1. The van der Waals surface area contributed by atoms with E-state index in [1.807, 2.05) is 30.3 Å². The van der Waals surface area contributed by atoms with E-state index in [4.69, 9.17) is 9.15 Å². The average molecular weight is 462 g/mol. The number of carbonyl (C=O) groups excluding carboxylic acids is 1. The third-order valence-electron chi connectivity index (χ3n) is 6.66. The van der Waals surface area contributed by atoms with Crippen molar-refractivity contribution in [1.82, 2.24) is 4.90 Å². The summed E-state index contributed by atoms with van der Waals surface area (Å²) in [6.45, 7) is 6.91. The highest BCUT2D eigenvalue weighted by atomic mass is 16.5. The summed E-state index contributed by atoms with van der Waals surface area (Å²) in [4.78, 5) is 32.4. The summed E-state index contributed by atoms with van der Waals surface area (Å²) < 4.78 is 11.4. The lowest BCUT2D eigenvalue weighted by Crippen LogP contribution is -2.51. The summed E-state index contributed by atoms with van der Waals surface area (Å²) in [5, 5.41) is 0.858. The topological polar surface area (TPSA) is 66.2 Å². The van der Waals surface area contributed by atoms with Gasteiger partial charge in [0.2, 0.25) is 5.91 Å². The molecule has 2 aliphatic rings. The lowest BCUT2D eigenvalue weighted by molar-refractivity contribution is -0.119. The van der Waals surface area contributed by atoms with Gasteiger partial charge in [0.15, 0.2) is 0 Å². The molecule has 0 atom stereocenters. The van der Waals surface area contributed by atoms with Crippen LogP contribution in [0.15, 0.2) is 57.7 Å². The minimum absolute atomic E-state index is 0.0425. The van der Waals surface area contributed by atoms with Crippen molar-refractivity contribution in [2.75, 3.05) is 55.7 Å². The molecule has 0 radical (unpaired) electrons. The maximum Gasteiger partial charge on any atom is 0.360 e. The molecule has 34 heavy (non-hydrogen) atoms. The van der Waals surface area contributed by atoms with E-state index >= 15 is 0 Å². The first-order valence-corrected chi connectivity index (χ1v) is 12.2. The van der Waals surface area contributed by atoms with E-state index in [0.717, 1.165) is 62.1 Å².